The normalized spacial score (nSPS) is 13.8. The maximum Gasteiger partial charge on any atom is 0.165 e. The number of aromatic nitrogens is 4. The van der Waals surface area contributed by atoms with Crippen LogP contribution in [0.15, 0.2) is 162 Å². The number of furan rings is 1. The van der Waals surface area contributed by atoms with E-state index in [1.807, 2.05) is 18.2 Å². The van der Waals surface area contributed by atoms with Crippen LogP contribution in [0.1, 0.15) is 25.0 Å². The number of rotatable bonds is 3. The minimum Gasteiger partial charge on any atom is -0.456 e. The van der Waals surface area contributed by atoms with Crippen molar-refractivity contribution < 1.29 is 4.42 Å². The fourth-order valence-corrected chi connectivity index (χ4v) is 10.8. The van der Waals surface area contributed by atoms with Gasteiger partial charge in [-0.1, -0.05) is 111 Å². The minimum atomic E-state index is -0.185. The molecule has 0 atom stereocenters. The Kier molecular flexibility index (Phi) is 5.53. The standard InChI is InChI=1S/C53H32N4O/c1-53(2)34-19-10-16-30-31-17-11-22-38-46(31)48-39(56(38)29-13-4-3-5-14-29)27-28-41-50(48)49-40(26-25-35(53)47(49)45(30)34)57(41)52-51(54-36-20-7-8-21-37(36)55-52)33-18-12-24-43-44(33)32-15-6-9-23-42(32)58-43/h3-28H,1-2H3. The molecule has 0 unspecified atom stereocenters. The number of benzene rings is 8. The van der Waals surface area contributed by atoms with Gasteiger partial charge >= 0.3 is 0 Å². The first-order valence-electron chi connectivity index (χ1n) is 20.0. The van der Waals surface area contributed by atoms with Crippen molar-refractivity contribution in [3.05, 3.63) is 169 Å². The van der Waals surface area contributed by atoms with Crippen LogP contribution >= 0.6 is 0 Å². The van der Waals surface area contributed by atoms with E-state index >= 15 is 0 Å². The molecule has 0 N–H and O–H groups in total. The number of para-hydroxylation sites is 4. The third-order valence-corrected chi connectivity index (χ3v) is 13.2. The van der Waals surface area contributed by atoms with Crippen LogP contribution in [0.4, 0.5) is 0 Å². The van der Waals surface area contributed by atoms with Crippen LogP contribution in [0.2, 0.25) is 0 Å². The molecule has 14 rings (SSSR count). The van der Waals surface area contributed by atoms with Crippen LogP contribution < -0.4 is 0 Å². The highest BCUT2D eigenvalue weighted by atomic mass is 16.3. The van der Waals surface area contributed by atoms with E-state index in [0.717, 1.165) is 66.8 Å². The molecule has 0 saturated carbocycles. The molecule has 9 aromatic carbocycles. The second kappa shape index (κ2) is 10.5. The molecular weight excluding hydrogens is 709 g/mol. The Morgan fingerprint density at radius 3 is 1.84 bits per heavy atom. The Morgan fingerprint density at radius 1 is 0.414 bits per heavy atom. The lowest BCUT2D eigenvalue weighted by Crippen LogP contribution is -2.15. The predicted molar refractivity (Wildman–Crippen MR) is 239 cm³/mol. The van der Waals surface area contributed by atoms with Crippen LogP contribution in [0.25, 0.3) is 121 Å². The molecule has 5 nitrogen and oxygen atoms in total. The quantitative estimate of drug-likeness (QED) is 0.181. The number of hydrogen-bond donors (Lipinski definition) is 0. The molecule has 1 aliphatic carbocycles. The smallest absolute Gasteiger partial charge is 0.165 e. The molecule has 0 fully saturated rings. The third kappa shape index (κ3) is 3.59. The molecule has 5 heteroatoms. The van der Waals surface area contributed by atoms with E-state index in [4.69, 9.17) is 14.4 Å². The summed E-state index contributed by atoms with van der Waals surface area (Å²) >= 11 is 0. The number of hydrogen-bond acceptors (Lipinski definition) is 3. The van der Waals surface area contributed by atoms with Gasteiger partial charge in [0.15, 0.2) is 5.82 Å². The maximum atomic E-state index is 6.45. The van der Waals surface area contributed by atoms with E-state index in [1.165, 1.54) is 65.3 Å². The minimum absolute atomic E-state index is 0.185. The molecule has 4 heterocycles. The van der Waals surface area contributed by atoms with Crippen LogP contribution in [0, 0.1) is 0 Å². The largest absolute Gasteiger partial charge is 0.456 e. The van der Waals surface area contributed by atoms with E-state index in [9.17, 15) is 0 Å². The van der Waals surface area contributed by atoms with Crippen molar-refractivity contribution in [3.8, 4) is 22.8 Å². The number of fused-ring (bicyclic) bond motifs is 5. The van der Waals surface area contributed by atoms with Crippen LogP contribution in [-0.2, 0) is 5.41 Å². The highest BCUT2D eigenvalue weighted by molar-refractivity contribution is 6.40. The zero-order chi connectivity index (χ0) is 38.0. The molecule has 13 aromatic rings. The highest BCUT2D eigenvalue weighted by Crippen LogP contribution is 2.55. The van der Waals surface area contributed by atoms with Crippen molar-refractivity contribution in [2.24, 2.45) is 0 Å². The first-order chi connectivity index (χ1) is 28.6. The summed E-state index contributed by atoms with van der Waals surface area (Å²) in [6, 6.07) is 56.8. The Morgan fingerprint density at radius 2 is 1.00 bits per heavy atom. The van der Waals surface area contributed by atoms with Crippen LogP contribution in [-0.4, -0.2) is 19.1 Å². The van der Waals surface area contributed by atoms with E-state index in [-0.39, 0.29) is 5.41 Å². The molecule has 0 saturated heterocycles. The average Bonchev–Trinajstić information content (AvgIpc) is 3.98. The lowest BCUT2D eigenvalue weighted by atomic mass is 9.81. The lowest BCUT2D eigenvalue weighted by Gasteiger charge is -2.22. The SMILES string of the molecule is CC1(C)c2cccc3c4cccc5c4c4c6c7c(c1ccc7n(-c1nc7ccccc7nc1-c1cccc7oc8ccccc8c17)c6ccc4n5-c1ccccc1)c23. The molecule has 4 aromatic heterocycles. The van der Waals surface area contributed by atoms with Gasteiger partial charge in [0.2, 0.25) is 0 Å². The molecule has 0 bridgehead atoms. The first-order valence-corrected chi connectivity index (χ1v) is 20.0. The molecule has 58 heavy (non-hydrogen) atoms. The van der Waals surface area contributed by atoms with Gasteiger partial charge in [-0.05, 0) is 93.3 Å². The molecule has 270 valence electrons. The fraction of sp³-hybridized carbons (Fsp3) is 0.0566. The molecule has 0 spiro atoms. The number of nitrogens with zero attached hydrogens (tertiary/aromatic N) is 4. The summed E-state index contributed by atoms with van der Waals surface area (Å²) in [6.45, 7) is 4.78. The molecule has 0 radical (unpaired) electrons. The van der Waals surface area contributed by atoms with Gasteiger partial charge < -0.3 is 8.98 Å². The van der Waals surface area contributed by atoms with Crippen molar-refractivity contribution in [1.82, 2.24) is 19.1 Å². The van der Waals surface area contributed by atoms with E-state index in [1.54, 1.807) is 0 Å². The average molecular weight is 741 g/mol. The second-order valence-electron chi connectivity index (χ2n) is 16.5. The van der Waals surface area contributed by atoms with Gasteiger partial charge in [0.25, 0.3) is 0 Å². The first kappa shape index (κ1) is 30.7. The van der Waals surface area contributed by atoms with Crippen molar-refractivity contribution in [1.29, 1.82) is 0 Å². The summed E-state index contributed by atoms with van der Waals surface area (Å²) in [5.74, 6) is 0.799. The van der Waals surface area contributed by atoms with Gasteiger partial charge in [-0.15, -0.1) is 0 Å². The zero-order valence-electron chi connectivity index (χ0n) is 31.7. The fourth-order valence-electron chi connectivity index (χ4n) is 10.8. The van der Waals surface area contributed by atoms with Gasteiger partial charge in [0.1, 0.15) is 16.9 Å². The topological polar surface area (TPSA) is 48.8 Å². The third-order valence-electron chi connectivity index (χ3n) is 13.2. The monoisotopic (exact) mass is 740 g/mol. The molecule has 0 aliphatic heterocycles. The van der Waals surface area contributed by atoms with Crippen molar-refractivity contribution in [2.45, 2.75) is 19.3 Å². The molecular formula is C53H32N4O. The summed E-state index contributed by atoms with van der Waals surface area (Å²) in [5.41, 5.74) is 13.5. The highest BCUT2D eigenvalue weighted by Gasteiger charge is 2.37. The summed E-state index contributed by atoms with van der Waals surface area (Å²) in [5, 5.41) is 12.4. The maximum absolute atomic E-state index is 6.45. The van der Waals surface area contributed by atoms with Crippen molar-refractivity contribution in [2.75, 3.05) is 0 Å². The Bertz CT molecular complexity index is 3940. The van der Waals surface area contributed by atoms with Crippen LogP contribution in [0.3, 0.4) is 0 Å². The second-order valence-corrected chi connectivity index (χ2v) is 16.5. The van der Waals surface area contributed by atoms with Gasteiger partial charge in [0.05, 0.1) is 33.1 Å². The van der Waals surface area contributed by atoms with Crippen LogP contribution in [0.5, 0.6) is 0 Å². The van der Waals surface area contributed by atoms with Gasteiger partial charge in [-0.2, -0.15) is 0 Å². The van der Waals surface area contributed by atoms with Gasteiger partial charge in [-0.3, -0.25) is 4.57 Å². The lowest BCUT2D eigenvalue weighted by molar-refractivity contribution is 0.663. The Hall–Kier alpha value is -7.50. The molecule has 0 amide bonds. The van der Waals surface area contributed by atoms with Gasteiger partial charge in [0, 0.05) is 49.0 Å². The molecule has 1 aliphatic rings. The van der Waals surface area contributed by atoms with Crippen molar-refractivity contribution >= 4 is 98.1 Å². The zero-order valence-corrected chi connectivity index (χ0v) is 31.7. The summed E-state index contributed by atoms with van der Waals surface area (Å²) in [4.78, 5) is 11.1. The Balaban J connectivity index is 1.25. The van der Waals surface area contributed by atoms with Gasteiger partial charge in [-0.25, -0.2) is 9.97 Å². The van der Waals surface area contributed by atoms with Crippen molar-refractivity contribution in [3.63, 3.8) is 0 Å². The predicted octanol–water partition coefficient (Wildman–Crippen LogP) is 13.8. The Labute approximate surface area is 331 Å². The summed E-state index contributed by atoms with van der Waals surface area (Å²) in [6.07, 6.45) is 0. The summed E-state index contributed by atoms with van der Waals surface area (Å²) in [7, 11) is 0. The van der Waals surface area contributed by atoms with E-state index in [0.29, 0.717) is 0 Å². The van der Waals surface area contributed by atoms with E-state index < -0.39 is 0 Å². The summed E-state index contributed by atoms with van der Waals surface area (Å²) < 4.78 is 11.3. The van der Waals surface area contributed by atoms with E-state index in [2.05, 4.69) is 163 Å².